The predicted octanol–water partition coefficient (Wildman–Crippen LogP) is 5.87. The van der Waals surface area contributed by atoms with E-state index in [4.69, 9.17) is 5.41 Å². The van der Waals surface area contributed by atoms with Crippen LogP contribution in [0.5, 0.6) is 0 Å². The maximum Gasteiger partial charge on any atom is 0.186 e. The Morgan fingerprint density at radius 3 is 2.30 bits per heavy atom. The van der Waals surface area contributed by atoms with E-state index in [1.807, 2.05) is 35.7 Å². The molecule has 3 aromatic carbocycles. The highest BCUT2D eigenvalue weighted by molar-refractivity contribution is 8.19. The van der Waals surface area contributed by atoms with Crippen molar-refractivity contribution in [2.75, 3.05) is 0 Å². The molecular weight excluding hydrogens is 372 g/mol. The van der Waals surface area contributed by atoms with Crippen LogP contribution < -0.4 is 0 Å². The van der Waals surface area contributed by atoms with Crippen LogP contribution in [0.25, 0.3) is 27.6 Å². The summed E-state index contributed by atoms with van der Waals surface area (Å²) in [7, 11) is 0. The molecule has 5 heteroatoms. The monoisotopic (exact) mass is 386 g/mol. The standard InChI is InChI=1S/C22H14N2OS2/c23-21-19(22-24-9-10-26-22)20(25)18(27-21)12-17-15-7-3-1-5-13(15)11-14-6-2-4-8-16(14)17/h1-12,19,23H. The van der Waals surface area contributed by atoms with Crippen molar-refractivity contribution >= 4 is 61.5 Å². The lowest BCUT2D eigenvalue weighted by Crippen LogP contribution is -2.11. The number of benzene rings is 3. The molecular formula is C22H14N2OS2. The zero-order valence-electron chi connectivity index (χ0n) is 14.2. The number of thiazole rings is 1. The van der Waals surface area contributed by atoms with Gasteiger partial charge in [0.15, 0.2) is 5.78 Å². The van der Waals surface area contributed by atoms with Gasteiger partial charge in [0.05, 0.1) is 9.95 Å². The number of fused-ring (bicyclic) bond motifs is 2. The molecule has 4 aromatic rings. The predicted molar refractivity (Wildman–Crippen MR) is 115 cm³/mol. The Hall–Kier alpha value is -2.76. The molecule has 0 amide bonds. The number of carbonyl (C=O) groups is 1. The SMILES string of the molecule is N=C1SC(=Cc2c3ccccc3cc3ccccc23)C(=O)C1c1nccs1. The van der Waals surface area contributed by atoms with E-state index in [9.17, 15) is 4.79 Å². The smallest absolute Gasteiger partial charge is 0.186 e. The number of carbonyl (C=O) groups excluding carboxylic acids is 1. The molecule has 5 rings (SSSR count). The minimum absolute atomic E-state index is 0.0306. The van der Waals surface area contributed by atoms with Crippen molar-refractivity contribution in [2.24, 2.45) is 0 Å². The molecule has 0 radical (unpaired) electrons. The molecule has 2 heterocycles. The number of allylic oxidation sites excluding steroid dienone is 1. The van der Waals surface area contributed by atoms with Gasteiger partial charge in [0.1, 0.15) is 10.9 Å². The van der Waals surface area contributed by atoms with Crippen LogP contribution in [0.4, 0.5) is 0 Å². The third-order valence-electron chi connectivity index (χ3n) is 4.77. The fourth-order valence-corrected chi connectivity index (χ4v) is 5.31. The van der Waals surface area contributed by atoms with Crippen LogP contribution >= 0.6 is 23.1 Å². The van der Waals surface area contributed by atoms with E-state index in [-0.39, 0.29) is 5.78 Å². The molecule has 1 aliphatic rings. The van der Waals surface area contributed by atoms with Crippen LogP contribution in [0.15, 0.2) is 71.1 Å². The van der Waals surface area contributed by atoms with Crippen molar-refractivity contribution in [3.05, 3.63) is 81.7 Å². The number of Topliss-reactive ketones (excluding diaryl/α,β-unsaturated/α-hetero) is 1. The maximum absolute atomic E-state index is 13.0. The highest BCUT2D eigenvalue weighted by Crippen LogP contribution is 2.42. The van der Waals surface area contributed by atoms with E-state index >= 15 is 0 Å². The van der Waals surface area contributed by atoms with Crippen LogP contribution in [0.3, 0.4) is 0 Å². The fourth-order valence-electron chi connectivity index (χ4n) is 3.53. The summed E-state index contributed by atoms with van der Waals surface area (Å²) in [5.41, 5.74) is 1.03. The number of thioether (sulfide) groups is 1. The van der Waals surface area contributed by atoms with Crippen molar-refractivity contribution in [1.29, 1.82) is 5.41 Å². The van der Waals surface area contributed by atoms with Gasteiger partial charge in [-0.3, -0.25) is 10.2 Å². The Kier molecular flexibility index (Phi) is 3.92. The average molecular weight is 387 g/mol. The van der Waals surface area contributed by atoms with Gasteiger partial charge in [0.2, 0.25) is 0 Å². The second kappa shape index (κ2) is 6.44. The number of nitrogens with one attached hydrogen (secondary N) is 1. The Labute approximate surface area is 164 Å². The normalized spacial score (nSPS) is 18.8. The lowest BCUT2D eigenvalue weighted by Gasteiger charge is -2.09. The van der Waals surface area contributed by atoms with Gasteiger partial charge >= 0.3 is 0 Å². The molecule has 0 bridgehead atoms. The summed E-state index contributed by atoms with van der Waals surface area (Å²) >= 11 is 2.68. The van der Waals surface area contributed by atoms with Gasteiger partial charge in [-0.2, -0.15) is 0 Å². The van der Waals surface area contributed by atoms with Crippen molar-refractivity contribution in [3.63, 3.8) is 0 Å². The van der Waals surface area contributed by atoms with E-state index in [0.29, 0.717) is 15.0 Å². The van der Waals surface area contributed by atoms with Gasteiger partial charge in [-0.05, 0) is 39.3 Å². The number of hydrogen-bond donors (Lipinski definition) is 1. The average Bonchev–Trinajstić information content (AvgIpc) is 3.29. The first-order chi connectivity index (χ1) is 13.2. The Morgan fingerprint density at radius 2 is 1.67 bits per heavy atom. The summed E-state index contributed by atoms with van der Waals surface area (Å²) < 4.78 is 0. The first-order valence-corrected chi connectivity index (χ1v) is 10.2. The van der Waals surface area contributed by atoms with Gasteiger partial charge in [0, 0.05) is 11.6 Å². The highest BCUT2D eigenvalue weighted by atomic mass is 32.2. The molecule has 130 valence electrons. The van der Waals surface area contributed by atoms with Crippen molar-refractivity contribution in [1.82, 2.24) is 4.98 Å². The maximum atomic E-state index is 13.0. The molecule has 1 saturated heterocycles. The molecule has 1 atom stereocenters. The molecule has 1 fully saturated rings. The highest BCUT2D eigenvalue weighted by Gasteiger charge is 2.38. The molecule has 1 aliphatic heterocycles. The van der Waals surface area contributed by atoms with E-state index in [1.165, 1.54) is 23.1 Å². The second-order valence-corrected chi connectivity index (χ2v) is 8.38. The van der Waals surface area contributed by atoms with Crippen LogP contribution in [-0.4, -0.2) is 15.8 Å². The van der Waals surface area contributed by atoms with Gasteiger partial charge in [-0.1, -0.05) is 60.3 Å². The number of aromatic nitrogens is 1. The molecule has 27 heavy (non-hydrogen) atoms. The Morgan fingerprint density at radius 1 is 1.00 bits per heavy atom. The number of ketones is 1. The quantitative estimate of drug-likeness (QED) is 0.346. The fraction of sp³-hybridized carbons (Fsp3) is 0.0455. The third-order valence-corrected chi connectivity index (χ3v) is 6.61. The number of rotatable bonds is 2. The van der Waals surface area contributed by atoms with Crippen molar-refractivity contribution in [2.45, 2.75) is 5.92 Å². The molecule has 1 N–H and O–H groups in total. The number of nitrogens with zero attached hydrogens (tertiary/aromatic N) is 1. The molecule has 1 unspecified atom stereocenters. The van der Waals surface area contributed by atoms with E-state index in [0.717, 1.165) is 27.1 Å². The van der Waals surface area contributed by atoms with Crippen molar-refractivity contribution < 1.29 is 4.79 Å². The summed E-state index contributed by atoms with van der Waals surface area (Å²) in [4.78, 5) is 17.9. The molecule has 0 spiro atoms. The third kappa shape index (κ3) is 2.71. The minimum atomic E-state index is -0.553. The van der Waals surface area contributed by atoms with Gasteiger partial charge in [-0.15, -0.1) is 11.3 Å². The lowest BCUT2D eigenvalue weighted by atomic mass is 9.95. The van der Waals surface area contributed by atoms with E-state index in [1.54, 1.807) is 6.20 Å². The van der Waals surface area contributed by atoms with Crippen LogP contribution in [0, 0.1) is 5.41 Å². The first-order valence-electron chi connectivity index (χ1n) is 8.54. The largest absolute Gasteiger partial charge is 0.297 e. The summed E-state index contributed by atoms with van der Waals surface area (Å²) in [5.74, 6) is -0.584. The van der Waals surface area contributed by atoms with Crippen LogP contribution in [-0.2, 0) is 4.79 Å². The zero-order valence-corrected chi connectivity index (χ0v) is 15.8. The molecule has 1 aromatic heterocycles. The van der Waals surface area contributed by atoms with Crippen molar-refractivity contribution in [3.8, 4) is 0 Å². The van der Waals surface area contributed by atoms with Gasteiger partial charge in [0.25, 0.3) is 0 Å². The molecule has 3 nitrogen and oxygen atoms in total. The first kappa shape index (κ1) is 16.4. The summed E-state index contributed by atoms with van der Waals surface area (Å²) in [6.07, 6.45) is 3.64. The van der Waals surface area contributed by atoms with Crippen LogP contribution in [0.2, 0.25) is 0 Å². The molecule has 0 saturated carbocycles. The number of hydrogen-bond acceptors (Lipinski definition) is 5. The lowest BCUT2D eigenvalue weighted by molar-refractivity contribution is -0.114. The Balaban J connectivity index is 1.72. The second-order valence-electron chi connectivity index (χ2n) is 6.38. The van der Waals surface area contributed by atoms with E-state index in [2.05, 4.69) is 35.3 Å². The van der Waals surface area contributed by atoms with Crippen LogP contribution in [0.1, 0.15) is 16.5 Å². The summed E-state index contributed by atoms with van der Waals surface area (Å²) in [6.45, 7) is 0. The molecule has 0 aliphatic carbocycles. The Bertz CT molecular complexity index is 1190. The van der Waals surface area contributed by atoms with Gasteiger partial charge < -0.3 is 0 Å². The summed E-state index contributed by atoms with van der Waals surface area (Å²) in [6, 6.07) is 18.6. The topological polar surface area (TPSA) is 53.8 Å². The summed E-state index contributed by atoms with van der Waals surface area (Å²) in [5, 5.41) is 15.7. The minimum Gasteiger partial charge on any atom is -0.297 e. The van der Waals surface area contributed by atoms with Gasteiger partial charge in [-0.25, -0.2) is 4.98 Å². The van der Waals surface area contributed by atoms with E-state index < -0.39 is 5.92 Å². The zero-order chi connectivity index (χ0) is 18.4.